The molecule has 1 N–H and O–H groups in total. The Morgan fingerprint density at radius 1 is 1.69 bits per heavy atom. The summed E-state index contributed by atoms with van der Waals surface area (Å²) in [5.41, 5.74) is 0. The minimum absolute atomic E-state index is 0.0983. The van der Waals surface area contributed by atoms with Gasteiger partial charge < -0.3 is 14.6 Å². The molecule has 0 radical (unpaired) electrons. The largest absolute Gasteiger partial charge is 0.467 e. The second-order valence-corrected chi connectivity index (χ2v) is 4.48. The highest BCUT2D eigenvalue weighted by Crippen LogP contribution is 2.18. The fourth-order valence-corrected chi connectivity index (χ4v) is 1.93. The first-order valence-electron chi connectivity index (χ1n) is 5.66. The van der Waals surface area contributed by atoms with Crippen molar-refractivity contribution in [3.63, 3.8) is 0 Å². The maximum absolute atomic E-state index is 12.1. The van der Waals surface area contributed by atoms with Crippen LogP contribution in [-0.4, -0.2) is 30.9 Å². The maximum Gasteiger partial charge on any atom is 0.225 e. The van der Waals surface area contributed by atoms with Crippen LogP contribution in [0.5, 0.6) is 0 Å². The fraction of sp³-hybridized carbons (Fsp3) is 0.583. The molecule has 1 aliphatic rings. The molecule has 1 aromatic heterocycles. The van der Waals surface area contributed by atoms with Crippen molar-refractivity contribution in [3.05, 3.63) is 24.2 Å². The van der Waals surface area contributed by atoms with Crippen LogP contribution in [0.1, 0.15) is 12.7 Å². The third kappa shape index (κ3) is 2.27. The van der Waals surface area contributed by atoms with Gasteiger partial charge in [-0.3, -0.25) is 4.79 Å². The second kappa shape index (κ2) is 4.70. The molecule has 16 heavy (non-hydrogen) atoms. The van der Waals surface area contributed by atoms with Gasteiger partial charge in [0.15, 0.2) is 0 Å². The highest BCUT2D eigenvalue weighted by atomic mass is 16.3. The maximum atomic E-state index is 12.1. The molecule has 1 amide bonds. The van der Waals surface area contributed by atoms with Gasteiger partial charge in [-0.2, -0.15) is 0 Å². The SMILES string of the molecule is CC(C(=O)N(C)Cc1ccco1)C1CNC1. The van der Waals surface area contributed by atoms with E-state index in [1.165, 1.54) is 0 Å². The lowest BCUT2D eigenvalue weighted by Crippen LogP contribution is -2.49. The summed E-state index contributed by atoms with van der Waals surface area (Å²) in [6.07, 6.45) is 1.63. The molecule has 0 saturated carbocycles. The predicted octanol–water partition coefficient (Wildman–Crippen LogP) is 1.09. The van der Waals surface area contributed by atoms with Crippen LogP contribution < -0.4 is 5.32 Å². The Kier molecular flexibility index (Phi) is 3.29. The van der Waals surface area contributed by atoms with Crippen LogP contribution >= 0.6 is 0 Å². The molecule has 1 aromatic rings. The minimum atomic E-state index is 0.0983. The lowest BCUT2D eigenvalue weighted by molar-refractivity contribution is -0.136. The van der Waals surface area contributed by atoms with Crippen molar-refractivity contribution in [1.29, 1.82) is 0 Å². The summed E-state index contributed by atoms with van der Waals surface area (Å²) in [6, 6.07) is 3.73. The number of hydrogen-bond donors (Lipinski definition) is 1. The third-order valence-corrected chi connectivity index (χ3v) is 3.26. The number of rotatable bonds is 4. The summed E-state index contributed by atoms with van der Waals surface area (Å²) >= 11 is 0. The Hall–Kier alpha value is -1.29. The van der Waals surface area contributed by atoms with E-state index in [-0.39, 0.29) is 11.8 Å². The normalized spacial score (nSPS) is 17.9. The summed E-state index contributed by atoms with van der Waals surface area (Å²) < 4.78 is 5.23. The van der Waals surface area contributed by atoms with Crippen LogP contribution in [0, 0.1) is 11.8 Å². The summed E-state index contributed by atoms with van der Waals surface area (Å²) in [4.78, 5) is 13.8. The molecule has 0 spiro atoms. The van der Waals surface area contributed by atoms with Crippen molar-refractivity contribution in [3.8, 4) is 0 Å². The first-order chi connectivity index (χ1) is 7.68. The van der Waals surface area contributed by atoms with E-state index in [1.54, 1.807) is 11.2 Å². The van der Waals surface area contributed by atoms with Gasteiger partial charge in [-0.15, -0.1) is 0 Å². The van der Waals surface area contributed by atoms with Gasteiger partial charge in [-0.25, -0.2) is 0 Å². The molecule has 4 nitrogen and oxygen atoms in total. The molecule has 0 aliphatic carbocycles. The standard InChI is InChI=1S/C12H18N2O2/c1-9(10-6-13-7-10)12(15)14(2)8-11-4-3-5-16-11/h3-5,9-10,13H,6-8H2,1-2H3. The second-order valence-electron chi connectivity index (χ2n) is 4.48. The van der Waals surface area contributed by atoms with E-state index < -0.39 is 0 Å². The van der Waals surface area contributed by atoms with Crippen LogP contribution in [0.4, 0.5) is 0 Å². The Labute approximate surface area is 95.6 Å². The number of nitrogens with one attached hydrogen (secondary N) is 1. The molecule has 1 fully saturated rings. The van der Waals surface area contributed by atoms with Crippen LogP contribution in [0.2, 0.25) is 0 Å². The Bertz CT molecular complexity index is 344. The van der Waals surface area contributed by atoms with E-state index in [2.05, 4.69) is 5.32 Å². The summed E-state index contributed by atoms with van der Waals surface area (Å²) in [6.45, 7) is 4.48. The highest BCUT2D eigenvalue weighted by molar-refractivity contribution is 5.78. The highest BCUT2D eigenvalue weighted by Gasteiger charge is 2.30. The minimum Gasteiger partial charge on any atom is -0.467 e. The molecular formula is C12H18N2O2. The van der Waals surface area contributed by atoms with Crippen molar-refractivity contribution >= 4 is 5.91 Å². The van der Waals surface area contributed by atoms with Crippen molar-refractivity contribution in [1.82, 2.24) is 10.2 Å². The molecule has 2 heterocycles. The van der Waals surface area contributed by atoms with Crippen LogP contribution in [0.3, 0.4) is 0 Å². The lowest BCUT2D eigenvalue weighted by Gasteiger charge is -2.33. The molecule has 1 unspecified atom stereocenters. The van der Waals surface area contributed by atoms with Gasteiger partial charge in [0.25, 0.3) is 0 Å². The van der Waals surface area contributed by atoms with Crippen molar-refractivity contribution < 1.29 is 9.21 Å². The first kappa shape index (κ1) is 11.2. The Morgan fingerprint density at radius 2 is 2.44 bits per heavy atom. The van der Waals surface area contributed by atoms with Gasteiger partial charge in [0, 0.05) is 13.0 Å². The number of furan rings is 1. The molecule has 1 atom stereocenters. The van der Waals surface area contributed by atoms with Gasteiger partial charge in [0.1, 0.15) is 5.76 Å². The van der Waals surface area contributed by atoms with Gasteiger partial charge in [0.2, 0.25) is 5.91 Å². The molecule has 1 saturated heterocycles. The molecule has 1 aliphatic heterocycles. The molecule has 0 aromatic carbocycles. The van der Waals surface area contributed by atoms with Gasteiger partial charge >= 0.3 is 0 Å². The lowest BCUT2D eigenvalue weighted by atomic mass is 9.88. The van der Waals surface area contributed by atoms with Crippen molar-refractivity contribution in [2.24, 2.45) is 11.8 Å². The van der Waals surface area contributed by atoms with Crippen LogP contribution in [-0.2, 0) is 11.3 Å². The number of nitrogens with zero attached hydrogens (tertiary/aromatic N) is 1. The zero-order valence-corrected chi connectivity index (χ0v) is 9.77. The predicted molar refractivity (Wildman–Crippen MR) is 60.7 cm³/mol. The Morgan fingerprint density at radius 3 is 2.94 bits per heavy atom. The van der Waals surface area contributed by atoms with E-state index in [0.717, 1.165) is 18.8 Å². The van der Waals surface area contributed by atoms with Gasteiger partial charge in [0.05, 0.1) is 12.8 Å². The number of carbonyl (C=O) groups excluding carboxylic acids is 1. The summed E-state index contributed by atoms with van der Waals surface area (Å²) in [5, 5.41) is 3.19. The summed E-state index contributed by atoms with van der Waals surface area (Å²) in [5.74, 6) is 1.62. The third-order valence-electron chi connectivity index (χ3n) is 3.26. The van der Waals surface area contributed by atoms with Gasteiger partial charge in [-0.1, -0.05) is 6.92 Å². The van der Waals surface area contributed by atoms with Crippen LogP contribution in [0.25, 0.3) is 0 Å². The quantitative estimate of drug-likeness (QED) is 0.829. The Balaban J connectivity index is 1.88. The fourth-order valence-electron chi connectivity index (χ4n) is 1.93. The average molecular weight is 222 g/mol. The van der Waals surface area contributed by atoms with E-state index in [0.29, 0.717) is 12.5 Å². The van der Waals surface area contributed by atoms with Crippen LogP contribution in [0.15, 0.2) is 22.8 Å². The average Bonchev–Trinajstić information content (AvgIpc) is 2.66. The van der Waals surface area contributed by atoms with E-state index in [4.69, 9.17) is 4.42 Å². The van der Waals surface area contributed by atoms with E-state index >= 15 is 0 Å². The van der Waals surface area contributed by atoms with E-state index in [1.807, 2.05) is 26.1 Å². The molecular weight excluding hydrogens is 204 g/mol. The smallest absolute Gasteiger partial charge is 0.225 e. The molecule has 4 heteroatoms. The summed E-state index contributed by atoms with van der Waals surface area (Å²) in [7, 11) is 1.83. The van der Waals surface area contributed by atoms with E-state index in [9.17, 15) is 4.79 Å². The number of carbonyl (C=O) groups is 1. The first-order valence-corrected chi connectivity index (χ1v) is 5.66. The van der Waals surface area contributed by atoms with Gasteiger partial charge in [-0.05, 0) is 31.1 Å². The number of hydrogen-bond acceptors (Lipinski definition) is 3. The van der Waals surface area contributed by atoms with Crippen molar-refractivity contribution in [2.75, 3.05) is 20.1 Å². The van der Waals surface area contributed by atoms with Crippen molar-refractivity contribution in [2.45, 2.75) is 13.5 Å². The monoisotopic (exact) mass is 222 g/mol. The number of amides is 1. The zero-order chi connectivity index (χ0) is 11.5. The molecule has 88 valence electrons. The zero-order valence-electron chi connectivity index (χ0n) is 9.77. The molecule has 2 rings (SSSR count). The topological polar surface area (TPSA) is 45.5 Å². The molecule has 0 bridgehead atoms.